The molecule has 0 fully saturated rings. The minimum absolute atomic E-state index is 0.0595. The van der Waals surface area contributed by atoms with Crippen molar-refractivity contribution in [2.75, 3.05) is 10.7 Å². The van der Waals surface area contributed by atoms with Gasteiger partial charge in [-0.25, -0.2) is 8.42 Å². The Balaban J connectivity index is 1.83. The fourth-order valence-corrected chi connectivity index (χ4v) is 4.54. The van der Waals surface area contributed by atoms with Crippen molar-refractivity contribution in [2.45, 2.75) is 38.6 Å². The smallest absolute Gasteiger partial charge is 0.227 e. The SMILES string of the molecule is CC(C)c1ccc(N(C(=O)CCc2ccccc2)C2C=CS(=O)(=O)C2)cc1. The van der Waals surface area contributed by atoms with Crippen LogP contribution in [0.5, 0.6) is 0 Å². The van der Waals surface area contributed by atoms with Crippen LogP contribution < -0.4 is 4.90 Å². The number of carbonyl (C=O) groups is 1. The zero-order valence-electron chi connectivity index (χ0n) is 15.7. The van der Waals surface area contributed by atoms with Gasteiger partial charge >= 0.3 is 0 Å². The number of sulfone groups is 1. The summed E-state index contributed by atoms with van der Waals surface area (Å²) in [5, 5.41) is 1.22. The third kappa shape index (κ3) is 4.86. The van der Waals surface area contributed by atoms with E-state index in [0.29, 0.717) is 18.8 Å². The number of rotatable bonds is 6. The van der Waals surface area contributed by atoms with Crippen molar-refractivity contribution in [3.8, 4) is 0 Å². The summed E-state index contributed by atoms with van der Waals surface area (Å²) >= 11 is 0. The molecule has 1 atom stereocenters. The zero-order chi connectivity index (χ0) is 19.4. The molecule has 1 amide bonds. The minimum atomic E-state index is -3.25. The number of aryl methyl sites for hydroxylation is 1. The van der Waals surface area contributed by atoms with E-state index in [1.54, 1.807) is 11.0 Å². The summed E-state index contributed by atoms with van der Waals surface area (Å²) in [6.45, 7) is 4.23. The molecule has 27 heavy (non-hydrogen) atoms. The Morgan fingerprint density at radius 1 is 1.07 bits per heavy atom. The van der Waals surface area contributed by atoms with Gasteiger partial charge in [-0.05, 0) is 41.7 Å². The molecule has 2 aromatic carbocycles. The molecule has 1 aliphatic heterocycles. The van der Waals surface area contributed by atoms with Gasteiger partial charge in [-0.2, -0.15) is 0 Å². The molecule has 1 aliphatic rings. The van der Waals surface area contributed by atoms with Crippen molar-refractivity contribution in [1.29, 1.82) is 0 Å². The molecule has 0 radical (unpaired) electrons. The topological polar surface area (TPSA) is 54.5 Å². The molecule has 5 heteroatoms. The summed E-state index contributed by atoms with van der Waals surface area (Å²) < 4.78 is 23.8. The molecule has 0 aliphatic carbocycles. The fraction of sp³-hybridized carbons (Fsp3) is 0.318. The molecule has 0 bridgehead atoms. The monoisotopic (exact) mass is 383 g/mol. The first kappa shape index (κ1) is 19.4. The number of amides is 1. The van der Waals surface area contributed by atoms with E-state index in [9.17, 15) is 13.2 Å². The van der Waals surface area contributed by atoms with E-state index in [1.807, 2.05) is 54.6 Å². The highest BCUT2D eigenvalue weighted by Gasteiger charge is 2.31. The average Bonchev–Trinajstić information content (AvgIpc) is 3.01. The Morgan fingerprint density at radius 3 is 2.30 bits per heavy atom. The van der Waals surface area contributed by atoms with Crippen molar-refractivity contribution in [3.63, 3.8) is 0 Å². The highest BCUT2D eigenvalue weighted by Crippen LogP contribution is 2.26. The molecule has 0 spiro atoms. The Kier molecular flexibility index (Phi) is 5.80. The van der Waals surface area contributed by atoms with E-state index in [4.69, 9.17) is 0 Å². The third-order valence-electron chi connectivity index (χ3n) is 4.82. The first-order valence-electron chi connectivity index (χ1n) is 9.22. The van der Waals surface area contributed by atoms with Gasteiger partial charge in [0.1, 0.15) is 0 Å². The van der Waals surface area contributed by atoms with Crippen LogP contribution in [0, 0.1) is 0 Å². The van der Waals surface area contributed by atoms with Gasteiger partial charge in [0.05, 0.1) is 11.8 Å². The lowest BCUT2D eigenvalue weighted by Crippen LogP contribution is -2.41. The van der Waals surface area contributed by atoms with Crippen LogP contribution in [-0.4, -0.2) is 26.1 Å². The number of hydrogen-bond acceptors (Lipinski definition) is 3. The van der Waals surface area contributed by atoms with Crippen molar-refractivity contribution < 1.29 is 13.2 Å². The maximum absolute atomic E-state index is 13.0. The largest absolute Gasteiger partial charge is 0.304 e. The van der Waals surface area contributed by atoms with Crippen LogP contribution in [0.15, 0.2) is 66.1 Å². The van der Waals surface area contributed by atoms with Gasteiger partial charge < -0.3 is 4.90 Å². The second-order valence-electron chi connectivity index (χ2n) is 7.22. The molecule has 2 aromatic rings. The van der Waals surface area contributed by atoms with Crippen LogP contribution in [0.2, 0.25) is 0 Å². The van der Waals surface area contributed by atoms with Gasteiger partial charge in [0.25, 0.3) is 0 Å². The lowest BCUT2D eigenvalue weighted by Gasteiger charge is -2.28. The van der Waals surface area contributed by atoms with Gasteiger partial charge in [-0.3, -0.25) is 4.79 Å². The molecule has 142 valence electrons. The van der Waals surface area contributed by atoms with Crippen molar-refractivity contribution >= 4 is 21.4 Å². The highest BCUT2D eigenvalue weighted by molar-refractivity contribution is 7.94. The van der Waals surface area contributed by atoms with E-state index in [2.05, 4.69) is 13.8 Å². The molecule has 1 unspecified atom stereocenters. The van der Waals surface area contributed by atoms with E-state index in [1.165, 1.54) is 11.0 Å². The summed E-state index contributed by atoms with van der Waals surface area (Å²) in [7, 11) is -3.25. The quantitative estimate of drug-likeness (QED) is 0.755. The molecule has 0 N–H and O–H groups in total. The molecule has 0 saturated heterocycles. The van der Waals surface area contributed by atoms with E-state index in [0.717, 1.165) is 11.3 Å². The highest BCUT2D eigenvalue weighted by atomic mass is 32.2. The van der Waals surface area contributed by atoms with Gasteiger partial charge in [0.15, 0.2) is 9.84 Å². The summed E-state index contributed by atoms with van der Waals surface area (Å²) in [6.07, 6.45) is 2.58. The number of nitrogens with zero attached hydrogens (tertiary/aromatic N) is 1. The van der Waals surface area contributed by atoms with Gasteiger partial charge in [0.2, 0.25) is 5.91 Å². The summed E-state index contributed by atoms with van der Waals surface area (Å²) in [5.74, 6) is 0.270. The summed E-state index contributed by atoms with van der Waals surface area (Å²) in [6, 6.07) is 17.2. The predicted molar refractivity (Wildman–Crippen MR) is 109 cm³/mol. The van der Waals surface area contributed by atoms with Gasteiger partial charge in [0, 0.05) is 17.5 Å². The predicted octanol–water partition coefficient (Wildman–Crippen LogP) is 4.09. The van der Waals surface area contributed by atoms with Gasteiger partial charge in [-0.15, -0.1) is 0 Å². The minimum Gasteiger partial charge on any atom is -0.304 e. The van der Waals surface area contributed by atoms with E-state index in [-0.39, 0.29) is 11.7 Å². The van der Waals surface area contributed by atoms with Crippen LogP contribution in [0.4, 0.5) is 5.69 Å². The van der Waals surface area contributed by atoms with E-state index < -0.39 is 15.9 Å². The lowest BCUT2D eigenvalue weighted by molar-refractivity contribution is -0.118. The molecule has 3 rings (SSSR count). The standard InChI is InChI=1S/C22H25NO3S/c1-17(2)19-9-11-20(12-10-19)23(21-14-15-27(25,26)16-21)22(24)13-8-18-6-4-3-5-7-18/h3-7,9-12,14-15,17,21H,8,13,16H2,1-2H3. The Morgan fingerprint density at radius 2 is 1.74 bits per heavy atom. The Labute approximate surface area is 161 Å². The number of benzene rings is 2. The molecular formula is C22H25NO3S. The Bertz CT molecular complexity index is 916. The maximum Gasteiger partial charge on any atom is 0.227 e. The lowest BCUT2D eigenvalue weighted by atomic mass is 10.0. The van der Waals surface area contributed by atoms with Crippen LogP contribution in [0.25, 0.3) is 0 Å². The number of hydrogen-bond donors (Lipinski definition) is 0. The van der Waals surface area contributed by atoms with Crippen molar-refractivity contribution in [1.82, 2.24) is 0 Å². The van der Waals surface area contributed by atoms with Crippen LogP contribution in [0.3, 0.4) is 0 Å². The van der Waals surface area contributed by atoms with Gasteiger partial charge in [-0.1, -0.05) is 56.3 Å². The zero-order valence-corrected chi connectivity index (χ0v) is 16.5. The number of carbonyl (C=O) groups excluding carboxylic acids is 1. The van der Waals surface area contributed by atoms with Crippen LogP contribution in [-0.2, 0) is 21.1 Å². The van der Waals surface area contributed by atoms with Crippen LogP contribution >= 0.6 is 0 Å². The summed E-state index contributed by atoms with van der Waals surface area (Å²) in [5.41, 5.74) is 3.02. The fourth-order valence-electron chi connectivity index (χ4n) is 3.28. The molecule has 4 nitrogen and oxygen atoms in total. The van der Waals surface area contributed by atoms with Crippen molar-refractivity contribution in [3.05, 3.63) is 77.2 Å². The number of anilines is 1. The molecule has 0 saturated carbocycles. The molecule has 1 heterocycles. The van der Waals surface area contributed by atoms with E-state index >= 15 is 0 Å². The van der Waals surface area contributed by atoms with Crippen LogP contribution in [0.1, 0.15) is 37.3 Å². The second kappa shape index (κ2) is 8.09. The van der Waals surface area contributed by atoms with Crippen molar-refractivity contribution in [2.24, 2.45) is 0 Å². The average molecular weight is 384 g/mol. The normalized spacial score (nSPS) is 18.0. The maximum atomic E-state index is 13.0. The first-order valence-corrected chi connectivity index (χ1v) is 10.9. The summed E-state index contributed by atoms with van der Waals surface area (Å²) in [4.78, 5) is 14.7. The molecule has 0 aromatic heterocycles. The molecular weight excluding hydrogens is 358 g/mol. The Hall–Kier alpha value is -2.40. The second-order valence-corrected chi connectivity index (χ2v) is 9.15. The first-order chi connectivity index (χ1) is 12.9. The third-order valence-corrected chi connectivity index (χ3v) is 6.20.